The van der Waals surface area contributed by atoms with Crippen molar-refractivity contribution in [2.45, 2.75) is 11.7 Å². The molecule has 2 aromatic rings. The fourth-order valence-corrected chi connectivity index (χ4v) is 4.48. The zero-order valence-electron chi connectivity index (χ0n) is 9.04. The predicted octanol–water partition coefficient (Wildman–Crippen LogP) is 2.40. The van der Waals surface area contributed by atoms with Gasteiger partial charge in [0.25, 0.3) is 0 Å². The Kier molecular flexibility index (Phi) is 2.73. The molecule has 0 aromatic heterocycles. The summed E-state index contributed by atoms with van der Waals surface area (Å²) in [7, 11) is 0. The summed E-state index contributed by atoms with van der Waals surface area (Å²) >= 11 is 0.237. The van der Waals surface area contributed by atoms with Crippen LogP contribution in [0.15, 0.2) is 36.4 Å². The van der Waals surface area contributed by atoms with Crippen molar-refractivity contribution in [2.75, 3.05) is 0 Å². The van der Waals surface area contributed by atoms with Gasteiger partial charge < -0.3 is 0 Å². The van der Waals surface area contributed by atoms with Crippen molar-refractivity contribution in [1.29, 1.82) is 0 Å². The van der Waals surface area contributed by atoms with Crippen molar-refractivity contribution in [1.82, 2.24) is 0 Å². The number of rotatable bonds is 0. The summed E-state index contributed by atoms with van der Waals surface area (Å²) in [5.74, 6) is -0.872. The second-order valence-electron chi connectivity index (χ2n) is 4.10. The molecule has 0 unspecified atom stereocenters. The molecule has 1 heterocycles. The van der Waals surface area contributed by atoms with Crippen molar-refractivity contribution in [3.05, 3.63) is 64.7 Å². The van der Waals surface area contributed by atoms with Gasteiger partial charge in [0.15, 0.2) is 0 Å². The van der Waals surface area contributed by atoms with Gasteiger partial charge >= 0.3 is 105 Å². The molecule has 0 N–H and O–H groups in total. The van der Waals surface area contributed by atoms with Gasteiger partial charge in [-0.1, -0.05) is 0 Å². The van der Waals surface area contributed by atoms with Crippen LogP contribution in [0, 0.1) is 11.6 Å². The van der Waals surface area contributed by atoms with Crippen molar-refractivity contribution >= 4 is 19.4 Å². The predicted molar refractivity (Wildman–Crippen MR) is 64.7 cm³/mol. The van der Waals surface area contributed by atoms with E-state index in [0.29, 0.717) is 17.3 Å². The van der Waals surface area contributed by atoms with E-state index in [0.717, 1.165) is 11.6 Å². The van der Waals surface area contributed by atoms with Crippen molar-refractivity contribution in [2.24, 2.45) is 0 Å². The number of benzene rings is 2. The third-order valence-corrected chi connectivity index (χ3v) is 5.37. The Morgan fingerprint density at radius 1 is 1.00 bits per heavy atom. The molecule has 1 aliphatic rings. The van der Waals surface area contributed by atoms with Crippen molar-refractivity contribution in [3.63, 3.8) is 0 Å². The van der Waals surface area contributed by atoms with Crippen LogP contribution < -0.4 is 4.46 Å². The molecule has 0 radical (unpaired) electrons. The second kappa shape index (κ2) is 4.25. The number of fused-ring (bicyclic) bond motifs is 2. The summed E-state index contributed by atoms with van der Waals surface area (Å²) in [6, 6.07) is 10.6. The Bertz CT molecular complexity index is 578. The number of halogens is 2. The van der Waals surface area contributed by atoms with Crippen LogP contribution in [0.5, 0.6) is 0 Å². The first-order valence-electron chi connectivity index (χ1n) is 5.41. The monoisotopic (exact) mass is 296 g/mol. The molecule has 86 valence electrons. The van der Waals surface area contributed by atoms with Crippen LogP contribution >= 0.6 is 0 Å². The molecule has 0 amide bonds. The molecular formula is C14H10F2Se. The quantitative estimate of drug-likeness (QED) is 0.655. The van der Waals surface area contributed by atoms with Crippen LogP contribution in [-0.4, -0.2) is 15.0 Å². The molecule has 3 rings (SSSR count). The molecule has 0 fully saturated rings. The van der Waals surface area contributed by atoms with Gasteiger partial charge in [0, 0.05) is 0 Å². The van der Waals surface area contributed by atoms with E-state index in [9.17, 15) is 8.78 Å². The maximum atomic E-state index is 13.7. The average Bonchev–Trinajstić information content (AvgIpc) is 2.47. The summed E-state index contributed by atoms with van der Waals surface area (Å²) < 4.78 is 28.2. The summed E-state index contributed by atoms with van der Waals surface area (Å²) in [4.78, 5) is 0. The van der Waals surface area contributed by atoms with Gasteiger partial charge in [-0.05, 0) is 0 Å². The van der Waals surface area contributed by atoms with E-state index < -0.39 is 11.6 Å². The van der Waals surface area contributed by atoms with Crippen molar-refractivity contribution < 1.29 is 8.78 Å². The third kappa shape index (κ3) is 2.01. The zero-order chi connectivity index (χ0) is 11.8. The minimum atomic E-state index is -0.479. The maximum absolute atomic E-state index is 13.7. The summed E-state index contributed by atoms with van der Waals surface area (Å²) in [5, 5.41) is 0.714. The zero-order valence-corrected chi connectivity index (χ0v) is 10.8. The molecule has 0 aliphatic carbocycles. The molecule has 0 atom stereocenters. The topological polar surface area (TPSA) is 0 Å². The molecule has 0 spiro atoms. The second-order valence-corrected chi connectivity index (χ2v) is 6.23. The molecule has 3 heteroatoms. The minimum absolute atomic E-state index is 0.237. The van der Waals surface area contributed by atoms with E-state index in [4.69, 9.17) is 0 Å². The molecule has 17 heavy (non-hydrogen) atoms. The molecule has 0 bridgehead atoms. The Morgan fingerprint density at radius 2 is 1.82 bits per heavy atom. The SMILES string of the molecule is Fc1cc(F)c2c(c1)Cc1ccccc1[Se]C2. The van der Waals surface area contributed by atoms with E-state index in [2.05, 4.69) is 12.1 Å². The van der Waals surface area contributed by atoms with Gasteiger partial charge in [-0.25, -0.2) is 0 Å². The van der Waals surface area contributed by atoms with Crippen LogP contribution in [0.4, 0.5) is 8.78 Å². The Balaban J connectivity index is 2.14. The fraction of sp³-hybridized carbons (Fsp3) is 0.143. The molecule has 0 saturated heterocycles. The van der Waals surface area contributed by atoms with Crippen LogP contribution in [-0.2, 0) is 11.7 Å². The Hall–Kier alpha value is -1.18. The van der Waals surface area contributed by atoms with E-state index in [1.165, 1.54) is 16.1 Å². The molecule has 2 aromatic carbocycles. The Morgan fingerprint density at radius 3 is 2.71 bits per heavy atom. The third-order valence-electron chi connectivity index (χ3n) is 2.98. The van der Waals surface area contributed by atoms with Crippen LogP contribution in [0.25, 0.3) is 0 Å². The van der Waals surface area contributed by atoms with Gasteiger partial charge in [-0.2, -0.15) is 0 Å². The van der Waals surface area contributed by atoms with Crippen molar-refractivity contribution in [3.8, 4) is 0 Å². The number of hydrogen-bond donors (Lipinski definition) is 0. The normalized spacial score (nSPS) is 13.8. The fourth-order valence-electron chi connectivity index (χ4n) is 2.12. The van der Waals surface area contributed by atoms with Gasteiger partial charge in [0.05, 0.1) is 0 Å². The molecule has 1 aliphatic heterocycles. The van der Waals surface area contributed by atoms with Gasteiger partial charge in [-0.3, -0.25) is 0 Å². The van der Waals surface area contributed by atoms with E-state index in [-0.39, 0.29) is 15.0 Å². The summed E-state index contributed by atoms with van der Waals surface area (Å²) in [5.41, 5.74) is 2.70. The van der Waals surface area contributed by atoms with E-state index in [1.807, 2.05) is 12.1 Å². The first-order valence-corrected chi connectivity index (χ1v) is 7.48. The van der Waals surface area contributed by atoms with Gasteiger partial charge in [0.1, 0.15) is 0 Å². The molecular weight excluding hydrogens is 285 g/mol. The van der Waals surface area contributed by atoms with E-state index >= 15 is 0 Å². The van der Waals surface area contributed by atoms with Gasteiger partial charge in [-0.15, -0.1) is 0 Å². The van der Waals surface area contributed by atoms with Gasteiger partial charge in [0.2, 0.25) is 0 Å². The molecule has 0 nitrogen and oxygen atoms in total. The Labute approximate surface area is 105 Å². The summed E-state index contributed by atoms with van der Waals surface area (Å²) in [6.45, 7) is 0. The first-order chi connectivity index (χ1) is 8.24. The summed E-state index contributed by atoms with van der Waals surface area (Å²) in [6.07, 6.45) is 0.641. The average molecular weight is 295 g/mol. The first kappa shape index (κ1) is 10.9. The van der Waals surface area contributed by atoms with Crippen LogP contribution in [0.2, 0.25) is 0 Å². The van der Waals surface area contributed by atoms with Crippen LogP contribution in [0.1, 0.15) is 16.7 Å². The standard InChI is InChI=1S/C14H10F2Se/c15-11-6-10-5-9-3-1-2-4-14(9)17-8-12(10)13(16)7-11/h1-4,6-7H,5,8H2. The molecule has 0 saturated carbocycles. The number of hydrogen-bond acceptors (Lipinski definition) is 0. The van der Waals surface area contributed by atoms with Crippen LogP contribution in [0.3, 0.4) is 0 Å². The van der Waals surface area contributed by atoms with E-state index in [1.54, 1.807) is 0 Å².